The molecule has 0 unspecified atom stereocenters. The predicted octanol–water partition coefficient (Wildman–Crippen LogP) is 1.25. The van der Waals surface area contributed by atoms with Crippen LogP contribution in [0.3, 0.4) is 0 Å². The van der Waals surface area contributed by atoms with Crippen LogP contribution in [0.5, 0.6) is 0 Å². The topological polar surface area (TPSA) is 84.4 Å². The highest BCUT2D eigenvalue weighted by molar-refractivity contribution is 5.82. The molecular weight excluding hydrogens is 296 g/mol. The first-order chi connectivity index (χ1) is 11.2. The SMILES string of the molecule is O=C(NCC(=O)N1Cc2cncnc2C1)OCc1ccccc1. The zero-order chi connectivity index (χ0) is 16.1. The molecule has 7 nitrogen and oxygen atoms in total. The molecule has 118 valence electrons. The van der Waals surface area contributed by atoms with Gasteiger partial charge in [-0.15, -0.1) is 0 Å². The summed E-state index contributed by atoms with van der Waals surface area (Å²) in [6.45, 7) is 0.980. The molecule has 7 heteroatoms. The van der Waals surface area contributed by atoms with Gasteiger partial charge in [0.15, 0.2) is 0 Å². The van der Waals surface area contributed by atoms with Gasteiger partial charge in [-0.05, 0) is 5.56 Å². The van der Waals surface area contributed by atoms with Crippen molar-refractivity contribution in [3.05, 3.63) is 59.7 Å². The van der Waals surface area contributed by atoms with E-state index < -0.39 is 6.09 Å². The molecule has 1 aromatic heterocycles. The number of ether oxygens (including phenoxy) is 1. The van der Waals surface area contributed by atoms with Crippen LogP contribution in [0.15, 0.2) is 42.9 Å². The zero-order valence-corrected chi connectivity index (χ0v) is 12.4. The van der Waals surface area contributed by atoms with E-state index in [9.17, 15) is 9.59 Å². The summed E-state index contributed by atoms with van der Waals surface area (Å²) in [5, 5.41) is 2.47. The number of nitrogens with one attached hydrogen (secondary N) is 1. The van der Waals surface area contributed by atoms with Crippen molar-refractivity contribution in [2.24, 2.45) is 0 Å². The second-order valence-electron chi connectivity index (χ2n) is 5.16. The molecule has 3 rings (SSSR count). The van der Waals surface area contributed by atoms with Crippen LogP contribution >= 0.6 is 0 Å². The van der Waals surface area contributed by atoms with Crippen LogP contribution < -0.4 is 5.32 Å². The Morgan fingerprint density at radius 3 is 2.83 bits per heavy atom. The van der Waals surface area contributed by atoms with Crippen molar-refractivity contribution in [3.8, 4) is 0 Å². The molecule has 0 aliphatic carbocycles. The van der Waals surface area contributed by atoms with Crippen LogP contribution in [0.2, 0.25) is 0 Å². The Kier molecular flexibility index (Phi) is 4.46. The average Bonchev–Trinajstić information content (AvgIpc) is 3.03. The molecule has 1 aliphatic heterocycles. The van der Waals surface area contributed by atoms with E-state index in [1.165, 1.54) is 6.33 Å². The molecule has 2 amide bonds. The summed E-state index contributed by atoms with van der Waals surface area (Å²) in [6, 6.07) is 9.35. The zero-order valence-electron chi connectivity index (χ0n) is 12.4. The molecule has 0 saturated carbocycles. The van der Waals surface area contributed by atoms with Gasteiger partial charge in [0.25, 0.3) is 0 Å². The molecule has 2 heterocycles. The number of fused-ring (bicyclic) bond motifs is 1. The lowest BCUT2D eigenvalue weighted by atomic mass is 10.2. The average molecular weight is 312 g/mol. The molecule has 0 atom stereocenters. The summed E-state index contributed by atoms with van der Waals surface area (Å²) in [5.74, 6) is -0.181. The molecule has 1 aromatic carbocycles. The van der Waals surface area contributed by atoms with E-state index in [2.05, 4.69) is 15.3 Å². The summed E-state index contributed by atoms with van der Waals surface area (Å²) in [7, 11) is 0. The number of alkyl carbamates (subject to hydrolysis) is 1. The third-order valence-corrected chi connectivity index (χ3v) is 3.53. The van der Waals surface area contributed by atoms with Gasteiger partial charge in [0.1, 0.15) is 19.5 Å². The lowest BCUT2D eigenvalue weighted by Crippen LogP contribution is -2.37. The highest BCUT2D eigenvalue weighted by Crippen LogP contribution is 2.18. The fraction of sp³-hybridized carbons (Fsp3) is 0.250. The molecule has 0 spiro atoms. The molecule has 23 heavy (non-hydrogen) atoms. The summed E-state index contributed by atoms with van der Waals surface area (Å²) >= 11 is 0. The van der Waals surface area contributed by atoms with E-state index in [-0.39, 0.29) is 19.1 Å². The Bertz CT molecular complexity index is 680. The van der Waals surface area contributed by atoms with E-state index in [0.29, 0.717) is 13.1 Å². The molecule has 0 radical (unpaired) electrons. The van der Waals surface area contributed by atoms with Gasteiger partial charge in [0.2, 0.25) is 5.91 Å². The van der Waals surface area contributed by atoms with Crippen LogP contribution in [-0.4, -0.2) is 33.4 Å². The normalized spacial score (nSPS) is 12.6. The summed E-state index contributed by atoms with van der Waals surface area (Å²) in [5.41, 5.74) is 2.68. The number of amides is 2. The second-order valence-corrected chi connectivity index (χ2v) is 5.16. The van der Waals surface area contributed by atoms with Gasteiger partial charge in [-0.3, -0.25) is 4.79 Å². The van der Waals surface area contributed by atoms with Crippen LogP contribution in [0.1, 0.15) is 16.8 Å². The maximum absolute atomic E-state index is 12.1. The Hall–Kier alpha value is -2.96. The van der Waals surface area contributed by atoms with Crippen LogP contribution in [0.4, 0.5) is 4.79 Å². The quantitative estimate of drug-likeness (QED) is 0.918. The number of aromatic nitrogens is 2. The minimum Gasteiger partial charge on any atom is -0.445 e. The third-order valence-electron chi connectivity index (χ3n) is 3.53. The molecule has 0 saturated heterocycles. The number of carbonyl (C=O) groups excluding carboxylic acids is 2. The first-order valence-corrected chi connectivity index (χ1v) is 7.22. The van der Waals surface area contributed by atoms with Gasteiger partial charge in [-0.25, -0.2) is 14.8 Å². The first kappa shape index (κ1) is 15.0. The first-order valence-electron chi connectivity index (χ1n) is 7.22. The molecule has 0 bridgehead atoms. The number of carbonyl (C=O) groups is 2. The molecule has 1 aliphatic rings. The van der Waals surface area contributed by atoms with Gasteiger partial charge >= 0.3 is 6.09 Å². The Labute approximate surface area is 133 Å². The highest BCUT2D eigenvalue weighted by Gasteiger charge is 2.24. The minimum atomic E-state index is -0.612. The molecular formula is C16H16N4O3. The summed E-state index contributed by atoms with van der Waals surface area (Å²) < 4.78 is 5.06. The largest absolute Gasteiger partial charge is 0.445 e. The van der Waals surface area contributed by atoms with Gasteiger partial charge in [-0.1, -0.05) is 30.3 Å². The van der Waals surface area contributed by atoms with Gasteiger partial charge in [0.05, 0.1) is 12.2 Å². The maximum atomic E-state index is 12.1. The van der Waals surface area contributed by atoms with E-state index in [1.807, 2.05) is 30.3 Å². The fourth-order valence-electron chi connectivity index (χ4n) is 2.31. The summed E-state index contributed by atoms with van der Waals surface area (Å²) in [4.78, 5) is 33.4. The van der Waals surface area contributed by atoms with Crippen molar-refractivity contribution in [2.75, 3.05) is 6.54 Å². The van der Waals surface area contributed by atoms with Gasteiger partial charge in [-0.2, -0.15) is 0 Å². The lowest BCUT2D eigenvalue weighted by Gasteiger charge is -2.15. The highest BCUT2D eigenvalue weighted by atomic mass is 16.5. The summed E-state index contributed by atoms with van der Waals surface area (Å²) in [6.07, 6.45) is 2.56. The van der Waals surface area contributed by atoms with Crippen molar-refractivity contribution in [2.45, 2.75) is 19.7 Å². The second kappa shape index (κ2) is 6.87. The molecule has 1 N–H and O–H groups in total. The van der Waals surface area contributed by atoms with Gasteiger partial charge < -0.3 is 15.0 Å². The minimum absolute atomic E-state index is 0.102. The Morgan fingerprint density at radius 1 is 1.22 bits per heavy atom. The number of rotatable bonds is 4. The van der Waals surface area contributed by atoms with Crippen LogP contribution in [0, 0.1) is 0 Å². The van der Waals surface area contributed by atoms with Crippen LogP contribution in [0.25, 0.3) is 0 Å². The van der Waals surface area contributed by atoms with E-state index >= 15 is 0 Å². The smallest absolute Gasteiger partial charge is 0.407 e. The van der Waals surface area contributed by atoms with E-state index in [0.717, 1.165) is 16.8 Å². The number of nitrogens with zero attached hydrogens (tertiary/aromatic N) is 3. The number of hydrogen-bond donors (Lipinski definition) is 1. The van der Waals surface area contributed by atoms with E-state index in [4.69, 9.17) is 4.74 Å². The third kappa shape index (κ3) is 3.82. The predicted molar refractivity (Wildman–Crippen MR) is 80.9 cm³/mol. The van der Waals surface area contributed by atoms with E-state index in [1.54, 1.807) is 11.1 Å². The number of benzene rings is 1. The van der Waals surface area contributed by atoms with Crippen molar-refractivity contribution >= 4 is 12.0 Å². The number of hydrogen-bond acceptors (Lipinski definition) is 5. The maximum Gasteiger partial charge on any atom is 0.407 e. The van der Waals surface area contributed by atoms with Crippen molar-refractivity contribution in [3.63, 3.8) is 0 Å². The fourth-order valence-corrected chi connectivity index (χ4v) is 2.31. The Balaban J connectivity index is 1.42. The van der Waals surface area contributed by atoms with Crippen molar-refractivity contribution in [1.29, 1.82) is 0 Å². The van der Waals surface area contributed by atoms with Crippen LogP contribution in [-0.2, 0) is 29.2 Å². The monoisotopic (exact) mass is 312 g/mol. The molecule has 2 aromatic rings. The Morgan fingerprint density at radius 2 is 2.04 bits per heavy atom. The molecule has 0 fully saturated rings. The van der Waals surface area contributed by atoms with Crippen molar-refractivity contribution < 1.29 is 14.3 Å². The standard InChI is InChI=1S/C16H16N4O3/c21-15(20-8-13-6-17-11-19-14(13)9-20)7-18-16(22)23-10-12-4-2-1-3-5-12/h1-6,11H,7-10H2,(H,18,22). The lowest BCUT2D eigenvalue weighted by molar-refractivity contribution is -0.130. The van der Waals surface area contributed by atoms with Crippen molar-refractivity contribution in [1.82, 2.24) is 20.2 Å². The van der Waals surface area contributed by atoms with Gasteiger partial charge in [0, 0.05) is 18.3 Å².